The number of nitrogens with zero attached hydrogens (tertiary/aromatic N) is 5. The average molecular weight is 264 g/mol. The Hall–Kier alpha value is -1.76. The van der Waals surface area contributed by atoms with Crippen LogP contribution in [0, 0.1) is 0 Å². The minimum atomic E-state index is -0.135. The molecule has 0 bridgehead atoms. The third-order valence-electron chi connectivity index (χ3n) is 3.36. The van der Waals surface area contributed by atoms with E-state index in [1.807, 2.05) is 0 Å². The van der Waals surface area contributed by atoms with Crippen molar-refractivity contribution in [2.75, 3.05) is 6.54 Å². The molecule has 2 heterocycles. The van der Waals surface area contributed by atoms with Crippen LogP contribution in [0.15, 0.2) is 11.0 Å². The van der Waals surface area contributed by atoms with Crippen LogP contribution >= 0.6 is 0 Å². The molecule has 7 nitrogen and oxygen atoms in total. The van der Waals surface area contributed by atoms with Gasteiger partial charge >= 0.3 is 0 Å². The van der Waals surface area contributed by atoms with Crippen molar-refractivity contribution >= 4 is 11.0 Å². The maximum absolute atomic E-state index is 12.1. The largest absolute Gasteiger partial charge is 0.312 e. The van der Waals surface area contributed by atoms with Crippen LogP contribution in [0.1, 0.15) is 26.7 Å². The summed E-state index contributed by atoms with van der Waals surface area (Å²) in [5, 5.41) is 15.9. The summed E-state index contributed by atoms with van der Waals surface area (Å²) in [4.78, 5) is 12.1. The molecule has 2 aromatic rings. The highest BCUT2D eigenvalue weighted by Crippen LogP contribution is 2.01. The Balaban J connectivity index is 2.09. The zero-order chi connectivity index (χ0) is 13.8. The second-order valence-electron chi connectivity index (χ2n) is 4.59. The Labute approximate surface area is 111 Å². The minimum absolute atomic E-state index is 0.135. The normalized spacial score (nSPS) is 11.6. The predicted molar refractivity (Wildman–Crippen MR) is 72.9 cm³/mol. The maximum Gasteiger partial charge on any atom is 0.280 e. The summed E-state index contributed by atoms with van der Waals surface area (Å²) in [6.45, 7) is 5.53. The lowest BCUT2D eigenvalue weighted by molar-refractivity contribution is 0.441. The van der Waals surface area contributed by atoms with E-state index in [4.69, 9.17) is 0 Å². The van der Waals surface area contributed by atoms with Gasteiger partial charge in [0.05, 0.1) is 12.7 Å². The fourth-order valence-electron chi connectivity index (χ4n) is 2.07. The molecule has 0 fully saturated rings. The monoisotopic (exact) mass is 264 g/mol. The van der Waals surface area contributed by atoms with Gasteiger partial charge in [-0.05, 0) is 12.8 Å². The number of aromatic nitrogens is 5. The first kappa shape index (κ1) is 13.7. The zero-order valence-electron chi connectivity index (χ0n) is 11.6. The molecule has 0 aliphatic rings. The molecule has 0 aromatic carbocycles. The molecular weight excluding hydrogens is 244 g/mol. The molecule has 2 aromatic heterocycles. The quantitative estimate of drug-likeness (QED) is 0.812. The van der Waals surface area contributed by atoms with E-state index in [2.05, 4.69) is 34.6 Å². The van der Waals surface area contributed by atoms with Gasteiger partial charge in [0.25, 0.3) is 5.56 Å². The van der Waals surface area contributed by atoms with Gasteiger partial charge in [0.2, 0.25) is 0 Å². The third kappa shape index (κ3) is 2.81. The van der Waals surface area contributed by atoms with Crippen LogP contribution in [0.25, 0.3) is 11.0 Å². The van der Waals surface area contributed by atoms with E-state index in [-0.39, 0.29) is 5.56 Å². The SMILES string of the molecule is CCC(CC)NCCn1nnc2c(cnn2C)c1=O. The summed E-state index contributed by atoms with van der Waals surface area (Å²) in [5.74, 6) is 0. The number of aryl methyl sites for hydroxylation is 1. The highest BCUT2D eigenvalue weighted by atomic mass is 16.1. The Morgan fingerprint density at radius 1 is 1.37 bits per heavy atom. The summed E-state index contributed by atoms with van der Waals surface area (Å²) in [5.41, 5.74) is 0.388. The summed E-state index contributed by atoms with van der Waals surface area (Å²) in [6, 6.07) is 0.491. The molecule has 0 saturated carbocycles. The average Bonchev–Trinajstić information content (AvgIpc) is 2.80. The van der Waals surface area contributed by atoms with E-state index >= 15 is 0 Å². The van der Waals surface area contributed by atoms with Gasteiger partial charge in [0.15, 0.2) is 5.65 Å². The smallest absolute Gasteiger partial charge is 0.280 e. The van der Waals surface area contributed by atoms with E-state index < -0.39 is 0 Å². The van der Waals surface area contributed by atoms with Gasteiger partial charge in [0, 0.05) is 19.6 Å². The summed E-state index contributed by atoms with van der Waals surface area (Å²) >= 11 is 0. The van der Waals surface area contributed by atoms with Gasteiger partial charge in [-0.2, -0.15) is 5.10 Å². The third-order valence-corrected chi connectivity index (χ3v) is 3.36. The van der Waals surface area contributed by atoms with Crippen LogP contribution in [0.4, 0.5) is 0 Å². The second-order valence-corrected chi connectivity index (χ2v) is 4.59. The van der Waals surface area contributed by atoms with Crippen molar-refractivity contribution < 1.29 is 0 Å². The Morgan fingerprint density at radius 2 is 2.11 bits per heavy atom. The van der Waals surface area contributed by atoms with Crippen LogP contribution in [-0.4, -0.2) is 37.4 Å². The molecule has 0 atom stereocenters. The Bertz CT molecular complexity index is 598. The fourth-order valence-corrected chi connectivity index (χ4v) is 2.07. The molecule has 0 unspecified atom stereocenters. The van der Waals surface area contributed by atoms with E-state index in [0.717, 1.165) is 12.8 Å². The molecule has 0 amide bonds. The lowest BCUT2D eigenvalue weighted by atomic mass is 10.2. The van der Waals surface area contributed by atoms with Crippen molar-refractivity contribution in [2.45, 2.75) is 39.3 Å². The lowest BCUT2D eigenvalue weighted by Crippen LogP contribution is -2.34. The second kappa shape index (κ2) is 5.92. The van der Waals surface area contributed by atoms with Crippen LogP contribution in [0.5, 0.6) is 0 Å². The highest BCUT2D eigenvalue weighted by Gasteiger charge is 2.09. The number of hydrogen-bond donors (Lipinski definition) is 1. The maximum atomic E-state index is 12.1. The van der Waals surface area contributed by atoms with E-state index in [1.54, 1.807) is 11.7 Å². The molecule has 19 heavy (non-hydrogen) atoms. The zero-order valence-corrected chi connectivity index (χ0v) is 11.6. The van der Waals surface area contributed by atoms with Crippen LogP contribution in [-0.2, 0) is 13.6 Å². The molecule has 0 saturated heterocycles. The molecule has 0 spiro atoms. The predicted octanol–water partition coefficient (Wildman–Crippen LogP) is 0.303. The van der Waals surface area contributed by atoms with E-state index in [0.29, 0.717) is 30.2 Å². The fraction of sp³-hybridized carbons (Fsp3) is 0.667. The molecule has 0 aliphatic carbocycles. The molecule has 2 rings (SSSR count). The van der Waals surface area contributed by atoms with E-state index in [1.165, 1.54) is 10.9 Å². The van der Waals surface area contributed by atoms with Gasteiger partial charge in [-0.1, -0.05) is 19.1 Å². The van der Waals surface area contributed by atoms with Gasteiger partial charge in [0.1, 0.15) is 5.39 Å². The van der Waals surface area contributed by atoms with Crippen LogP contribution in [0.3, 0.4) is 0 Å². The van der Waals surface area contributed by atoms with Crippen molar-refractivity contribution in [3.63, 3.8) is 0 Å². The molecule has 104 valence electrons. The molecule has 1 N–H and O–H groups in total. The number of hydrogen-bond acceptors (Lipinski definition) is 5. The first-order valence-electron chi connectivity index (χ1n) is 6.66. The van der Waals surface area contributed by atoms with Crippen molar-refractivity contribution in [2.24, 2.45) is 7.05 Å². The van der Waals surface area contributed by atoms with Crippen LogP contribution in [0.2, 0.25) is 0 Å². The minimum Gasteiger partial charge on any atom is -0.312 e. The Kier molecular flexibility index (Phi) is 4.26. The molecule has 0 aliphatic heterocycles. The number of rotatable bonds is 6. The van der Waals surface area contributed by atoms with Gasteiger partial charge < -0.3 is 5.32 Å². The number of nitrogens with one attached hydrogen (secondary N) is 1. The lowest BCUT2D eigenvalue weighted by Gasteiger charge is -2.14. The Morgan fingerprint density at radius 3 is 2.79 bits per heavy atom. The van der Waals surface area contributed by atoms with Crippen molar-refractivity contribution in [1.82, 2.24) is 30.1 Å². The summed E-state index contributed by atoms with van der Waals surface area (Å²) in [7, 11) is 1.75. The van der Waals surface area contributed by atoms with Gasteiger partial charge in [-0.15, -0.1) is 5.10 Å². The first-order valence-corrected chi connectivity index (χ1v) is 6.66. The first-order chi connectivity index (χ1) is 9.17. The van der Waals surface area contributed by atoms with E-state index in [9.17, 15) is 4.79 Å². The topological polar surface area (TPSA) is 77.6 Å². The van der Waals surface area contributed by atoms with Crippen molar-refractivity contribution in [3.05, 3.63) is 16.6 Å². The summed E-state index contributed by atoms with van der Waals surface area (Å²) in [6.07, 6.45) is 3.70. The van der Waals surface area contributed by atoms with Crippen molar-refractivity contribution in [3.8, 4) is 0 Å². The van der Waals surface area contributed by atoms with Crippen LogP contribution < -0.4 is 10.9 Å². The molecular formula is C12H20N6O. The van der Waals surface area contributed by atoms with Gasteiger partial charge in [-0.3, -0.25) is 4.79 Å². The molecule has 0 radical (unpaired) electrons. The van der Waals surface area contributed by atoms with Gasteiger partial charge in [-0.25, -0.2) is 9.36 Å². The standard InChI is InChI=1S/C12H20N6O/c1-4-9(5-2)13-6-7-18-12(19)10-8-14-17(3)11(10)15-16-18/h8-9,13H,4-7H2,1-3H3. The van der Waals surface area contributed by atoms with Crippen molar-refractivity contribution in [1.29, 1.82) is 0 Å². The number of fused-ring (bicyclic) bond motifs is 1. The highest BCUT2D eigenvalue weighted by molar-refractivity contribution is 5.72. The molecule has 7 heteroatoms. The summed E-state index contributed by atoms with van der Waals surface area (Å²) < 4.78 is 2.94.